The lowest BCUT2D eigenvalue weighted by Gasteiger charge is -2.39. The maximum Gasteiger partial charge on any atom is 0.0121 e. The molecule has 0 bridgehead atoms. The Morgan fingerprint density at radius 2 is 1.94 bits per heavy atom. The van der Waals surface area contributed by atoms with E-state index in [0.29, 0.717) is 5.41 Å². The van der Waals surface area contributed by atoms with Gasteiger partial charge in [-0.1, -0.05) is 20.3 Å². The number of piperidine rings is 1. The van der Waals surface area contributed by atoms with Gasteiger partial charge in [-0.15, -0.1) is 0 Å². The highest BCUT2D eigenvalue weighted by molar-refractivity contribution is 4.95. The predicted octanol–water partition coefficient (Wildman–Crippen LogP) is 2.78. The molecule has 1 saturated carbocycles. The van der Waals surface area contributed by atoms with Gasteiger partial charge in [0, 0.05) is 18.1 Å². The summed E-state index contributed by atoms with van der Waals surface area (Å²) in [6.07, 6.45) is 9.91. The second kappa shape index (κ2) is 4.55. The third-order valence-corrected chi connectivity index (χ3v) is 5.51. The second-order valence-corrected chi connectivity index (χ2v) is 7.15. The lowest BCUT2D eigenvalue weighted by atomic mass is 9.86. The summed E-state index contributed by atoms with van der Waals surface area (Å²) in [4.78, 5) is 2.72. The zero-order chi connectivity index (χ0) is 11.9. The molecule has 0 aromatic carbocycles. The van der Waals surface area contributed by atoms with Crippen molar-refractivity contribution in [2.75, 3.05) is 13.1 Å². The van der Waals surface area contributed by atoms with Gasteiger partial charge in [-0.25, -0.2) is 0 Å². The molecule has 3 unspecified atom stereocenters. The van der Waals surface area contributed by atoms with E-state index in [-0.39, 0.29) is 0 Å². The van der Waals surface area contributed by atoms with Crippen molar-refractivity contribution >= 4 is 0 Å². The highest BCUT2D eigenvalue weighted by atomic mass is 15.2. The molecule has 2 nitrogen and oxygen atoms in total. The molecule has 1 aliphatic carbocycles. The predicted molar refractivity (Wildman–Crippen MR) is 72.2 cm³/mol. The third kappa shape index (κ3) is 2.39. The van der Waals surface area contributed by atoms with Crippen LogP contribution in [-0.4, -0.2) is 36.1 Å². The van der Waals surface area contributed by atoms with E-state index >= 15 is 0 Å². The van der Waals surface area contributed by atoms with Gasteiger partial charge in [0.05, 0.1) is 0 Å². The SMILES string of the molecule is CC1(C)CCCC1NC1CCN2CCCC2C1. The molecule has 3 rings (SSSR count). The molecule has 0 aromatic rings. The summed E-state index contributed by atoms with van der Waals surface area (Å²) < 4.78 is 0. The fourth-order valence-electron chi connectivity index (χ4n) is 4.30. The van der Waals surface area contributed by atoms with E-state index < -0.39 is 0 Å². The number of hydrogen-bond donors (Lipinski definition) is 1. The molecule has 2 aliphatic heterocycles. The van der Waals surface area contributed by atoms with Crippen molar-refractivity contribution in [2.45, 2.75) is 76.9 Å². The van der Waals surface area contributed by atoms with E-state index in [1.165, 1.54) is 58.0 Å². The third-order valence-electron chi connectivity index (χ3n) is 5.51. The Labute approximate surface area is 106 Å². The summed E-state index contributed by atoms with van der Waals surface area (Å²) in [6.45, 7) is 7.60. The van der Waals surface area contributed by atoms with E-state index in [9.17, 15) is 0 Å². The molecule has 2 heteroatoms. The minimum absolute atomic E-state index is 0.535. The molecular weight excluding hydrogens is 208 g/mol. The van der Waals surface area contributed by atoms with E-state index in [1.54, 1.807) is 0 Å². The second-order valence-electron chi connectivity index (χ2n) is 7.15. The Morgan fingerprint density at radius 3 is 2.71 bits per heavy atom. The van der Waals surface area contributed by atoms with Crippen molar-refractivity contribution in [3.05, 3.63) is 0 Å². The van der Waals surface area contributed by atoms with Crippen LogP contribution < -0.4 is 5.32 Å². The molecule has 0 amide bonds. The van der Waals surface area contributed by atoms with Gasteiger partial charge in [0.2, 0.25) is 0 Å². The van der Waals surface area contributed by atoms with Crippen molar-refractivity contribution in [3.63, 3.8) is 0 Å². The first-order chi connectivity index (χ1) is 8.15. The van der Waals surface area contributed by atoms with Crippen LogP contribution >= 0.6 is 0 Å². The topological polar surface area (TPSA) is 15.3 Å². The normalized spacial score (nSPS) is 41.6. The number of hydrogen-bond acceptors (Lipinski definition) is 2. The molecule has 0 aromatic heterocycles. The van der Waals surface area contributed by atoms with Crippen LogP contribution in [0.1, 0.15) is 58.8 Å². The van der Waals surface area contributed by atoms with Gasteiger partial charge in [0.15, 0.2) is 0 Å². The Bertz CT molecular complexity index is 274. The zero-order valence-electron chi connectivity index (χ0n) is 11.5. The van der Waals surface area contributed by atoms with Gasteiger partial charge in [0.25, 0.3) is 0 Å². The van der Waals surface area contributed by atoms with Crippen LogP contribution in [0.3, 0.4) is 0 Å². The van der Waals surface area contributed by atoms with Crippen LogP contribution in [-0.2, 0) is 0 Å². The summed E-state index contributed by atoms with van der Waals surface area (Å²) in [6, 6.07) is 2.49. The molecule has 98 valence electrons. The molecule has 3 atom stereocenters. The average Bonchev–Trinajstić information content (AvgIpc) is 2.85. The summed E-state index contributed by atoms with van der Waals surface area (Å²) in [5, 5.41) is 3.99. The van der Waals surface area contributed by atoms with Crippen molar-refractivity contribution in [1.29, 1.82) is 0 Å². The van der Waals surface area contributed by atoms with Crippen molar-refractivity contribution in [3.8, 4) is 0 Å². The lowest BCUT2D eigenvalue weighted by Crippen LogP contribution is -2.50. The first kappa shape index (κ1) is 12.0. The molecular formula is C15H28N2. The van der Waals surface area contributed by atoms with E-state index in [2.05, 4.69) is 24.1 Å². The van der Waals surface area contributed by atoms with Gasteiger partial charge in [-0.2, -0.15) is 0 Å². The highest BCUT2D eigenvalue weighted by Gasteiger charge is 2.38. The monoisotopic (exact) mass is 236 g/mol. The summed E-state index contributed by atoms with van der Waals surface area (Å²) in [5.74, 6) is 0. The molecule has 3 aliphatic rings. The molecule has 1 N–H and O–H groups in total. The van der Waals surface area contributed by atoms with Gasteiger partial charge < -0.3 is 10.2 Å². The molecule has 0 spiro atoms. The van der Waals surface area contributed by atoms with Crippen molar-refractivity contribution in [2.24, 2.45) is 5.41 Å². The lowest BCUT2D eigenvalue weighted by molar-refractivity contribution is 0.146. The van der Waals surface area contributed by atoms with Crippen LogP contribution in [0.2, 0.25) is 0 Å². The van der Waals surface area contributed by atoms with Crippen LogP contribution in [0.5, 0.6) is 0 Å². The summed E-state index contributed by atoms with van der Waals surface area (Å²) >= 11 is 0. The minimum atomic E-state index is 0.535. The number of fused-ring (bicyclic) bond motifs is 1. The van der Waals surface area contributed by atoms with E-state index in [4.69, 9.17) is 0 Å². The maximum atomic E-state index is 3.99. The molecule has 2 heterocycles. The quantitative estimate of drug-likeness (QED) is 0.793. The Morgan fingerprint density at radius 1 is 1.06 bits per heavy atom. The molecule has 3 fully saturated rings. The average molecular weight is 236 g/mol. The Balaban J connectivity index is 1.55. The van der Waals surface area contributed by atoms with Gasteiger partial charge in [0.1, 0.15) is 0 Å². The smallest absolute Gasteiger partial charge is 0.0121 e. The minimum Gasteiger partial charge on any atom is -0.311 e. The van der Waals surface area contributed by atoms with Crippen LogP contribution in [0.15, 0.2) is 0 Å². The maximum absolute atomic E-state index is 3.99. The fraction of sp³-hybridized carbons (Fsp3) is 1.00. The summed E-state index contributed by atoms with van der Waals surface area (Å²) in [7, 11) is 0. The van der Waals surface area contributed by atoms with Gasteiger partial charge in [-0.05, 0) is 57.0 Å². The van der Waals surface area contributed by atoms with Gasteiger partial charge in [-0.3, -0.25) is 0 Å². The standard InChI is InChI=1S/C15H28N2/c1-15(2)8-3-6-14(15)16-12-7-10-17-9-4-5-13(17)11-12/h12-14,16H,3-11H2,1-2H3. The zero-order valence-corrected chi connectivity index (χ0v) is 11.5. The van der Waals surface area contributed by atoms with E-state index in [1.807, 2.05) is 0 Å². The van der Waals surface area contributed by atoms with Crippen molar-refractivity contribution in [1.82, 2.24) is 10.2 Å². The Hall–Kier alpha value is -0.0800. The van der Waals surface area contributed by atoms with E-state index in [0.717, 1.165) is 18.1 Å². The largest absolute Gasteiger partial charge is 0.311 e. The highest BCUT2D eigenvalue weighted by Crippen LogP contribution is 2.38. The van der Waals surface area contributed by atoms with Crippen LogP contribution in [0.25, 0.3) is 0 Å². The number of nitrogens with zero attached hydrogens (tertiary/aromatic N) is 1. The van der Waals surface area contributed by atoms with Crippen molar-refractivity contribution < 1.29 is 0 Å². The van der Waals surface area contributed by atoms with Gasteiger partial charge >= 0.3 is 0 Å². The first-order valence-corrected chi connectivity index (χ1v) is 7.65. The molecule has 2 saturated heterocycles. The fourth-order valence-corrected chi connectivity index (χ4v) is 4.30. The van der Waals surface area contributed by atoms with Crippen LogP contribution in [0.4, 0.5) is 0 Å². The first-order valence-electron chi connectivity index (χ1n) is 7.65. The Kier molecular flexibility index (Phi) is 3.20. The van der Waals surface area contributed by atoms with Crippen LogP contribution in [0, 0.1) is 5.41 Å². The molecule has 0 radical (unpaired) electrons. The molecule has 17 heavy (non-hydrogen) atoms. The number of rotatable bonds is 2. The number of nitrogens with one attached hydrogen (secondary N) is 1. The summed E-state index contributed by atoms with van der Waals surface area (Å²) in [5.41, 5.74) is 0.535.